The number of halogens is 5. The molecule has 0 aliphatic carbocycles. The summed E-state index contributed by atoms with van der Waals surface area (Å²) in [6.45, 7) is 0.947. The topological polar surface area (TPSA) is 45.6 Å². The summed E-state index contributed by atoms with van der Waals surface area (Å²) in [6, 6.07) is 6.45. The Morgan fingerprint density at radius 3 is 2.47 bits per heavy atom. The number of nitrogens with zero attached hydrogens (tertiary/aromatic N) is 2. The van der Waals surface area contributed by atoms with E-state index >= 15 is 4.39 Å². The first kappa shape index (κ1) is 28.6. The minimum absolute atomic E-state index is 0.0881. The Balaban J connectivity index is 1.35. The maximum Gasteiger partial charge on any atom is 0.142 e. The van der Waals surface area contributed by atoms with Crippen LogP contribution in [0.4, 0.5) is 22.0 Å². The van der Waals surface area contributed by atoms with Crippen molar-refractivity contribution in [2.45, 2.75) is 43.4 Å². The Morgan fingerprint density at radius 2 is 1.84 bits per heavy atom. The number of benzene rings is 2. The summed E-state index contributed by atoms with van der Waals surface area (Å²) in [5, 5.41) is 10.7. The molecule has 4 rings (SSSR count). The Kier molecular flexibility index (Phi) is 9.49. The third-order valence-corrected chi connectivity index (χ3v) is 8.52. The second-order valence-corrected chi connectivity index (χ2v) is 10.9. The molecule has 0 amide bonds. The van der Waals surface area contributed by atoms with Crippen molar-refractivity contribution in [1.29, 1.82) is 0 Å². The number of alkyl halides is 2. The lowest BCUT2D eigenvalue weighted by Gasteiger charge is -2.41. The van der Waals surface area contributed by atoms with Crippen LogP contribution in [0.5, 0.6) is 5.75 Å². The van der Waals surface area contributed by atoms with Gasteiger partial charge in [-0.3, -0.25) is 4.98 Å². The van der Waals surface area contributed by atoms with Crippen molar-refractivity contribution in [3.63, 3.8) is 0 Å². The van der Waals surface area contributed by atoms with Gasteiger partial charge in [-0.1, -0.05) is 0 Å². The zero-order valence-corrected chi connectivity index (χ0v) is 22.0. The first-order valence-electron chi connectivity index (χ1n) is 12.6. The molecule has 206 valence electrons. The fraction of sp³-hybridized carbons (Fsp3) is 0.464. The van der Waals surface area contributed by atoms with Gasteiger partial charge < -0.3 is 14.7 Å². The second-order valence-electron chi connectivity index (χ2n) is 9.77. The molecule has 38 heavy (non-hydrogen) atoms. The van der Waals surface area contributed by atoms with E-state index in [1.54, 1.807) is 18.2 Å². The molecule has 1 N–H and O–H groups in total. The van der Waals surface area contributed by atoms with E-state index in [2.05, 4.69) is 9.88 Å². The van der Waals surface area contributed by atoms with Crippen LogP contribution in [-0.4, -0.2) is 54.1 Å². The molecule has 1 aromatic heterocycles. The third kappa shape index (κ3) is 6.40. The first-order valence-corrected chi connectivity index (χ1v) is 13.5. The fourth-order valence-corrected chi connectivity index (χ4v) is 6.04. The highest BCUT2D eigenvalue weighted by Gasteiger charge is 2.35. The maximum atomic E-state index is 15.7. The van der Waals surface area contributed by atoms with E-state index in [1.807, 2.05) is 0 Å². The molecule has 1 aliphatic heterocycles. The van der Waals surface area contributed by atoms with Gasteiger partial charge in [-0.2, -0.15) is 0 Å². The van der Waals surface area contributed by atoms with Crippen LogP contribution in [0.1, 0.15) is 43.0 Å². The number of thioether (sulfide) groups is 1. The summed E-state index contributed by atoms with van der Waals surface area (Å²) in [6.07, 6.45) is 1.78. The lowest BCUT2D eigenvalue weighted by atomic mass is 9.74. The number of pyridine rings is 1. The third-order valence-electron chi connectivity index (χ3n) is 7.45. The molecule has 1 saturated heterocycles. The van der Waals surface area contributed by atoms with E-state index in [-0.39, 0.29) is 29.1 Å². The van der Waals surface area contributed by atoms with Crippen LogP contribution in [0, 0.1) is 22.9 Å². The van der Waals surface area contributed by atoms with Crippen LogP contribution in [-0.2, 0) is 6.67 Å². The zero-order chi connectivity index (χ0) is 27.3. The van der Waals surface area contributed by atoms with E-state index in [4.69, 9.17) is 4.74 Å². The number of piperidine rings is 1. The number of aliphatic hydroxyl groups excluding tert-OH is 1. The fourth-order valence-electron chi connectivity index (χ4n) is 5.10. The smallest absolute Gasteiger partial charge is 0.142 e. The summed E-state index contributed by atoms with van der Waals surface area (Å²) in [4.78, 5) is 6.19. The van der Waals surface area contributed by atoms with Crippen molar-refractivity contribution in [1.82, 2.24) is 9.88 Å². The molecular formula is C28H31F5N2O2S. The van der Waals surface area contributed by atoms with Gasteiger partial charge in [0.2, 0.25) is 0 Å². The van der Waals surface area contributed by atoms with Crippen LogP contribution in [0.15, 0.2) is 41.4 Å². The average Bonchev–Trinajstić information content (AvgIpc) is 2.92. The summed E-state index contributed by atoms with van der Waals surface area (Å²) >= 11 is 0.998. The Bertz CT molecular complexity index is 1230. The van der Waals surface area contributed by atoms with Crippen molar-refractivity contribution >= 4 is 22.7 Å². The second kappa shape index (κ2) is 12.6. The Labute approximate surface area is 223 Å². The molecule has 3 aromatic rings. The van der Waals surface area contributed by atoms with Crippen LogP contribution in [0.25, 0.3) is 10.9 Å². The number of hydrogen-bond acceptors (Lipinski definition) is 5. The predicted molar refractivity (Wildman–Crippen MR) is 138 cm³/mol. The van der Waals surface area contributed by atoms with Gasteiger partial charge in [0.05, 0.1) is 17.5 Å². The van der Waals surface area contributed by atoms with E-state index in [9.17, 15) is 22.7 Å². The quantitative estimate of drug-likeness (QED) is 0.209. The number of likely N-dealkylation sites (tertiary alicyclic amines) is 1. The van der Waals surface area contributed by atoms with Crippen molar-refractivity contribution in [3.05, 3.63) is 65.1 Å². The van der Waals surface area contributed by atoms with Crippen LogP contribution >= 0.6 is 11.8 Å². The van der Waals surface area contributed by atoms with Crippen molar-refractivity contribution in [2.75, 3.05) is 39.1 Å². The van der Waals surface area contributed by atoms with Crippen LogP contribution in [0.2, 0.25) is 0 Å². The number of aromatic nitrogens is 1. The monoisotopic (exact) mass is 554 g/mol. The molecule has 0 radical (unpaired) electrons. The molecule has 0 unspecified atom stereocenters. The molecular weight excluding hydrogens is 523 g/mol. The van der Waals surface area contributed by atoms with E-state index in [0.717, 1.165) is 11.8 Å². The average molecular weight is 555 g/mol. The first-order chi connectivity index (χ1) is 18.3. The number of rotatable bonds is 11. The molecule has 4 nitrogen and oxygen atoms in total. The predicted octanol–water partition coefficient (Wildman–Crippen LogP) is 6.79. The standard InChI is InChI=1S/C28H31F5N2O2S/c1-37-20-2-3-25-21(14-20)26(18(15-29)16-34-25)22(31)4-5-28(17-36)6-8-35(9-7-28)10-11-38-27-23(32)12-19(30)13-24(27)33/h2-3,12-14,16,22,36H,4-11,15,17H2,1H3/t22-/m0/s1. The molecule has 2 heterocycles. The van der Waals surface area contributed by atoms with Crippen LogP contribution < -0.4 is 4.74 Å². The van der Waals surface area contributed by atoms with Gasteiger partial charge in [-0.05, 0) is 62.4 Å². The highest BCUT2D eigenvalue weighted by atomic mass is 32.2. The van der Waals surface area contributed by atoms with Gasteiger partial charge in [0.1, 0.15) is 36.0 Å². The summed E-state index contributed by atoms with van der Waals surface area (Å²) in [7, 11) is 1.51. The number of aliphatic hydroxyl groups is 1. The number of hydrogen-bond donors (Lipinski definition) is 1. The molecule has 1 fully saturated rings. The Hall–Kier alpha value is -2.43. The zero-order valence-electron chi connectivity index (χ0n) is 21.2. The largest absolute Gasteiger partial charge is 0.497 e. The molecule has 0 saturated carbocycles. The lowest BCUT2D eigenvalue weighted by molar-refractivity contribution is 0.0322. The Morgan fingerprint density at radius 1 is 1.13 bits per heavy atom. The van der Waals surface area contributed by atoms with E-state index in [1.165, 1.54) is 13.3 Å². The molecule has 1 aliphatic rings. The normalized spacial score (nSPS) is 16.6. The lowest BCUT2D eigenvalue weighted by Crippen LogP contribution is -2.43. The van der Waals surface area contributed by atoms with Crippen molar-refractivity contribution < 1.29 is 31.8 Å². The summed E-state index contributed by atoms with van der Waals surface area (Å²) in [5.41, 5.74) is 0.584. The van der Waals surface area contributed by atoms with Gasteiger partial charge in [-0.25, -0.2) is 22.0 Å². The summed E-state index contributed by atoms with van der Waals surface area (Å²) in [5.74, 6) is -1.83. The van der Waals surface area contributed by atoms with E-state index < -0.39 is 35.7 Å². The molecule has 10 heteroatoms. The van der Waals surface area contributed by atoms with Crippen LogP contribution in [0.3, 0.4) is 0 Å². The molecule has 0 spiro atoms. The minimum atomic E-state index is -1.43. The minimum Gasteiger partial charge on any atom is -0.497 e. The highest BCUT2D eigenvalue weighted by Crippen LogP contribution is 2.41. The van der Waals surface area contributed by atoms with Gasteiger partial charge in [0.15, 0.2) is 0 Å². The number of fused-ring (bicyclic) bond motifs is 1. The molecule has 2 aromatic carbocycles. The van der Waals surface area contributed by atoms with Gasteiger partial charge in [0, 0.05) is 53.7 Å². The van der Waals surface area contributed by atoms with Gasteiger partial charge in [-0.15, -0.1) is 11.8 Å². The van der Waals surface area contributed by atoms with Crippen molar-refractivity contribution in [2.24, 2.45) is 5.41 Å². The van der Waals surface area contributed by atoms with Gasteiger partial charge >= 0.3 is 0 Å². The number of ether oxygens (including phenoxy) is 1. The highest BCUT2D eigenvalue weighted by molar-refractivity contribution is 7.99. The van der Waals surface area contributed by atoms with E-state index in [0.29, 0.717) is 73.4 Å². The maximum absolute atomic E-state index is 15.7. The SMILES string of the molecule is COc1ccc2ncc(CF)c([C@@H](F)CCC3(CO)CCN(CCSc4c(F)cc(F)cc4F)CC3)c2c1. The summed E-state index contributed by atoms with van der Waals surface area (Å²) < 4.78 is 75.6. The van der Waals surface area contributed by atoms with Crippen molar-refractivity contribution in [3.8, 4) is 5.75 Å². The molecule has 0 bridgehead atoms. The van der Waals surface area contributed by atoms with Gasteiger partial charge in [0.25, 0.3) is 0 Å². The molecule has 1 atom stereocenters. The number of methoxy groups -OCH3 is 1.